The molecule has 0 aliphatic carbocycles. The Balaban J connectivity index is 2.33. The van der Waals surface area contributed by atoms with Crippen molar-refractivity contribution in [3.05, 3.63) is 66.9 Å². The Morgan fingerprint density at radius 3 is 2.45 bits per heavy atom. The minimum absolute atomic E-state index is 0.229. The molecule has 0 fully saturated rings. The Labute approximate surface area is 124 Å². The molecule has 0 unspecified atom stereocenters. The monoisotopic (exact) mass is 312 g/mol. The molecule has 0 saturated heterocycles. The Bertz CT molecular complexity index is 793. The number of carbonyl (C=O) groups excluding carboxylic acids is 1. The maximum Gasteiger partial charge on any atom is 0.316 e. The maximum atomic E-state index is 12.1. The van der Waals surface area contributed by atoms with Gasteiger partial charge < -0.3 is 9.13 Å². The van der Waals surface area contributed by atoms with E-state index in [1.54, 1.807) is 0 Å². The van der Waals surface area contributed by atoms with Gasteiger partial charge in [0.15, 0.2) is 5.78 Å². The van der Waals surface area contributed by atoms with E-state index in [0.29, 0.717) is 10.6 Å². The second-order valence-electron chi connectivity index (χ2n) is 4.20. The number of hydrogen-bond acceptors (Lipinski definition) is 3. The highest BCUT2D eigenvalue weighted by atomic mass is 35.5. The molecule has 20 heavy (non-hydrogen) atoms. The number of hydrogen-bond donors (Lipinski definition) is 0. The van der Waals surface area contributed by atoms with Crippen molar-refractivity contribution < 1.29 is 4.79 Å². The second kappa shape index (κ2) is 5.64. The number of halogens is 2. The minimum atomic E-state index is -0.747. The van der Waals surface area contributed by atoms with E-state index in [4.69, 9.17) is 23.2 Å². The number of aryl methyl sites for hydroxylation is 1. The van der Waals surface area contributed by atoms with Gasteiger partial charge in [0.2, 0.25) is 0 Å². The zero-order valence-corrected chi connectivity index (χ0v) is 12.0. The van der Waals surface area contributed by atoms with Crippen LogP contribution in [0.4, 0.5) is 0 Å². The lowest BCUT2D eigenvalue weighted by molar-refractivity contribution is 0.0970. The van der Waals surface area contributed by atoms with Gasteiger partial charge in [-0.2, -0.15) is 0 Å². The fourth-order valence-corrected chi connectivity index (χ4v) is 1.93. The van der Waals surface area contributed by atoms with E-state index in [0.717, 1.165) is 9.13 Å². The Morgan fingerprint density at radius 1 is 1.10 bits per heavy atom. The van der Waals surface area contributed by atoms with Crippen molar-refractivity contribution >= 4 is 29.0 Å². The summed E-state index contributed by atoms with van der Waals surface area (Å²) in [6, 6.07) is 4.45. The van der Waals surface area contributed by atoms with Gasteiger partial charge in [-0.25, -0.2) is 0 Å². The molecule has 1 aromatic carbocycles. The third-order valence-corrected chi connectivity index (χ3v) is 3.53. The third-order valence-electron chi connectivity index (χ3n) is 2.79. The highest BCUT2D eigenvalue weighted by molar-refractivity contribution is 6.42. The van der Waals surface area contributed by atoms with Crippen LogP contribution in [0.2, 0.25) is 10.0 Å². The van der Waals surface area contributed by atoms with E-state index in [1.165, 1.54) is 37.6 Å². The average Bonchev–Trinajstić information content (AvgIpc) is 2.42. The van der Waals surface area contributed by atoms with E-state index in [2.05, 4.69) is 0 Å². The van der Waals surface area contributed by atoms with Gasteiger partial charge in [0.05, 0.1) is 16.6 Å². The summed E-state index contributed by atoms with van der Waals surface area (Å²) in [4.78, 5) is 35.2. The number of carbonyl (C=O) groups is 1. The Hall–Kier alpha value is -1.85. The van der Waals surface area contributed by atoms with Crippen LogP contribution >= 0.6 is 23.2 Å². The molecule has 1 aromatic heterocycles. The van der Waals surface area contributed by atoms with Crippen LogP contribution in [0.15, 0.2) is 40.2 Å². The summed E-state index contributed by atoms with van der Waals surface area (Å²) in [6.45, 7) is -0.229. The SMILES string of the molecule is Cn1ccn(CC(=O)c2ccc(Cl)c(Cl)c2)c(=O)c1=O. The first kappa shape index (κ1) is 14.6. The van der Waals surface area contributed by atoms with Gasteiger partial charge in [-0.1, -0.05) is 23.2 Å². The molecule has 7 heteroatoms. The van der Waals surface area contributed by atoms with Gasteiger partial charge >= 0.3 is 11.1 Å². The number of Topliss-reactive ketones (excluding diaryl/α,β-unsaturated/α-hetero) is 1. The van der Waals surface area contributed by atoms with Gasteiger partial charge in [0.25, 0.3) is 0 Å². The van der Waals surface area contributed by atoms with Crippen LogP contribution in [0.5, 0.6) is 0 Å². The van der Waals surface area contributed by atoms with E-state index in [1.807, 2.05) is 0 Å². The molecule has 0 saturated carbocycles. The molecule has 0 bridgehead atoms. The summed E-state index contributed by atoms with van der Waals surface area (Å²) in [5.74, 6) is -0.334. The minimum Gasteiger partial charge on any atom is -0.312 e. The fourth-order valence-electron chi connectivity index (χ4n) is 1.63. The second-order valence-corrected chi connectivity index (χ2v) is 5.01. The number of benzene rings is 1. The number of rotatable bonds is 3. The standard InChI is InChI=1S/C13H10Cl2N2O3/c1-16-4-5-17(13(20)12(16)19)7-11(18)8-2-3-9(14)10(15)6-8/h2-6H,7H2,1H3. The molecule has 0 N–H and O–H groups in total. The molecule has 0 aliphatic heterocycles. The van der Waals surface area contributed by atoms with Crippen molar-refractivity contribution in [1.82, 2.24) is 9.13 Å². The smallest absolute Gasteiger partial charge is 0.312 e. The molecule has 5 nitrogen and oxygen atoms in total. The Morgan fingerprint density at radius 2 is 1.80 bits per heavy atom. The fraction of sp³-hybridized carbons (Fsp3) is 0.154. The average molecular weight is 313 g/mol. The first-order valence-electron chi connectivity index (χ1n) is 5.64. The van der Waals surface area contributed by atoms with Gasteiger partial charge in [0.1, 0.15) is 0 Å². The molecule has 0 radical (unpaired) electrons. The van der Waals surface area contributed by atoms with E-state index in [9.17, 15) is 14.4 Å². The summed E-state index contributed by atoms with van der Waals surface area (Å²) in [6.07, 6.45) is 2.81. The van der Waals surface area contributed by atoms with Crippen LogP contribution in [0.25, 0.3) is 0 Å². The summed E-state index contributed by atoms with van der Waals surface area (Å²) in [5.41, 5.74) is -1.11. The van der Waals surface area contributed by atoms with Crippen molar-refractivity contribution in [1.29, 1.82) is 0 Å². The van der Waals surface area contributed by atoms with Crippen molar-refractivity contribution in [2.45, 2.75) is 6.54 Å². The molecule has 0 spiro atoms. The van der Waals surface area contributed by atoms with Gasteiger partial charge in [-0.15, -0.1) is 0 Å². The predicted octanol–water partition coefficient (Wildman–Crippen LogP) is 1.74. The first-order valence-corrected chi connectivity index (χ1v) is 6.40. The van der Waals surface area contributed by atoms with Crippen molar-refractivity contribution in [3.8, 4) is 0 Å². The van der Waals surface area contributed by atoms with E-state index >= 15 is 0 Å². The van der Waals surface area contributed by atoms with Crippen LogP contribution in [-0.2, 0) is 13.6 Å². The topological polar surface area (TPSA) is 61.1 Å². The predicted molar refractivity (Wildman–Crippen MR) is 76.7 cm³/mol. The lowest BCUT2D eigenvalue weighted by Gasteiger charge is -2.06. The molecule has 0 amide bonds. The summed E-state index contributed by atoms with van der Waals surface area (Å²) < 4.78 is 2.22. The lowest BCUT2D eigenvalue weighted by Crippen LogP contribution is -2.40. The zero-order chi connectivity index (χ0) is 14.9. The molecule has 2 rings (SSSR count). The maximum absolute atomic E-state index is 12.1. The van der Waals surface area contributed by atoms with Crippen molar-refractivity contribution in [2.75, 3.05) is 0 Å². The van der Waals surface area contributed by atoms with E-state index in [-0.39, 0.29) is 17.4 Å². The quantitative estimate of drug-likeness (QED) is 0.640. The van der Waals surface area contributed by atoms with E-state index < -0.39 is 11.1 Å². The van der Waals surface area contributed by atoms with Crippen LogP contribution in [0.3, 0.4) is 0 Å². The molecule has 1 heterocycles. The summed E-state index contributed by atoms with van der Waals surface area (Å²) in [7, 11) is 1.47. The number of ketones is 1. The van der Waals surface area contributed by atoms with Crippen LogP contribution in [-0.4, -0.2) is 14.9 Å². The third kappa shape index (κ3) is 2.84. The van der Waals surface area contributed by atoms with Gasteiger partial charge in [-0.3, -0.25) is 14.4 Å². The van der Waals surface area contributed by atoms with Crippen LogP contribution in [0, 0.1) is 0 Å². The highest BCUT2D eigenvalue weighted by Gasteiger charge is 2.11. The number of aromatic nitrogens is 2. The highest BCUT2D eigenvalue weighted by Crippen LogP contribution is 2.22. The molecular weight excluding hydrogens is 303 g/mol. The normalized spacial score (nSPS) is 10.6. The molecule has 0 aliphatic rings. The van der Waals surface area contributed by atoms with Crippen molar-refractivity contribution in [3.63, 3.8) is 0 Å². The van der Waals surface area contributed by atoms with Crippen molar-refractivity contribution in [2.24, 2.45) is 7.05 Å². The summed E-state index contributed by atoms with van der Waals surface area (Å²) >= 11 is 11.6. The van der Waals surface area contributed by atoms with Gasteiger partial charge in [-0.05, 0) is 18.2 Å². The number of nitrogens with zero attached hydrogens (tertiary/aromatic N) is 2. The Kier molecular flexibility index (Phi) is 4.11. The van der Waals surface area contributed by atoms with Gasteiger partial charge in [0, 0.05) is 25.0 Å². The molecular formula is C13H10Cl2N2O3. The van der Waals surface area contributed by atoms with Crippen LogP contribution in [0.1, 0.15) is 10.4 Å². The van der Waals surface area contributed by atoms with Crippen LogP contribution < -0.4 is 11.1 Å². The first-order chi connectivity index (χ1) is 9.40. The lowest BCUT2D eigenvalue weighted by atomic mass is 10.1. The molecule has 2 aromatic rings. The largest absolute Gasteiger partial charge is 0.316 e. The molecule has 0 atom stereocenters. The molecule has 104 valence electrons. The zero-order valence-electron chi connectivity index (χ0n) is 10.5. The summed E-state index contributed by atoms with van der Waals surface area (Å²) in [5, 5.41) is 0.600.